The van der Waals surface area contributed by atoms with Crippen LogP contribution in [-0.2, 0) is 6.42 Å². The van der Waals surface area contributed by atoms with Crippen molar-refractivity contribution in [2.45, 2.75) is 12.8 Å². The molecule has 0 atom stereocenters. The number of anilines is 2. The van der Waals surface area contributed by atoms with Gasteiger partial charge in [0.2, 0.25) is 0 Å². The number of benzene rings is 1. The van der Waals surface area contributed by atoms with Gasteiger partial charge in [0.1, 0.15) is 0 Å². The Morgan fingerprint density at radius 1 is 1.25 bits per heavy atom. The van der Waals surface area contributed by atoms with E-state index in [-0.39, 0.29) is 5.56 Å². The molecule has 0 unspecified atom stereocenters. The van der Waals surface area contributed by atoms with Crippen molar-refractivity contribution in [2.24, 2.45) is 0 Å². The molecule has 0 spiro atoms. The fourth-order valence-corrected chi connectivity index (χ4v) is 2.04. The third kappa shape index (κ3) is 3.44. The Morgan fingerprint density at radius 2 is 2.05 bits per heavy atom. The van der Waals surface area contributed by atoms with Crippen LogP contribution in [0.25, 0.3) is 0 Å². The average Bonchev–Trinajstić information content (AvgIpc) is 2.45. The maximum atomic E-state index is 13.0. The molecule has 0 aliphatic rings. The molecular weight excluding hydrogens is 260 g/mol. The number of halogens is 2. The van der Waals surface area contributed by atoms with Crippen LogP contribution < -0.4 is 10.6 Å². The molecule has 0 aliphatic heterocycles. The molecule has 0 radical (unpaired) electrons. The van der Waals surface area contributed by atoms with E-state index in [4.69, 9.17) is 5.73 Å². The molecule has 2 aromatic rings. The highest BCUT2D eigenvalue weighted by molar-refractivity contribution is 5.59. The van der Waals surface area contributed by atoms with E-state index in [1.54, 1.807) is 30.3 Å². The van der Waals surface area contributed by atoms with Crippen molar-refractivity contribution in [2.75, 3.05) is 24.2 Å². The largest absolute Gasteiger partial charge is 0.399 e. The zero-order valence-electron chi connectivity index (χ0n) is 11.3. The fourth-order valence-electron chi connectivity index (χ4n) is 2.04. The van der Waals surface area contributed by atoms with Crippen LogP contribution in [0.1, 0.15) is 17.7 Å². The Bertz CT molecular complexity index is 558. The second-order valence-corrected chi connectivity index (χ2v) is 4.61. The maximum absolute atomic E-state index is 13.0. The zero-order valence-corrected chi connectivity index (χ0v) is 11.3. The number of nitrogen functional groups attached to an aromatic ring is 1. The molecular formula is C15H17F2N3. The van der Waals surface area contributed by atoms with Gasteiger partial charge < -0.3 is 10.6 Å². The molecule has 3 nitrogen and oxygen atoms in total. The lowest BCUT2D eigenvalue weighted by atomic mass is 10.1. The van der Waals surface area contributed by atoms with Crippen LogP contribution >= 0.6 is 0 Å². The number of rotatable bonds is 5. The summed E-state index contributed by atoms with van der Waals surface area (Å²) >= 11 is 0. The highest BCUT2D eigenvalue weighted by Gasteiger charge is 2.16. The lowest BCUT2D eigenvalue weighted by Crippen LogP contribution is -2.22. The van der Waals surface area contributed by atoms with Gasteiger partial charge in [-0.15, -0.1) is 0 Å². The van der Waals surface area contributed by atoms with Gasteiger partial charge in [0.15, 0.2) is 0 Å². The number of hydrogen-bond donors (Lipinski definition) is 1. The molecule has 2 N–H and O–H groups in total. The van der Waals surface area contributed by atoms with E-state index in [0.29, 0.717) is 24.3 Å². The van der Waals surface area contributed by atoms with Gasteiger partial charge in [-0.25, -0.2) is 8.78 Å². The number of alkyl halides is 2. The van der Waals surface area contributed by atoms with Gasteiger partial charge >= 0.3 is 0 Å². The second kappa shape index (κ2) is 6.32. The molecule has 106 valence electrons. The van der Waals surface area contributed by atoms with E-state index in [1.807, 2.05) is 18.2 Å². The topological polar surface area (TPSA) is 42.2 Å². The minimum Gasteiger partial charge on any atom is -0.399 e. The SMILES string of the molecule is CN(CCc1ccccn1)c1ccc(N)cc1C(F)F. The van der Waals surface area contributed by atoms with Crippen LogP contribution in [0.15, 0.2) is 42.6 Å². The molecule has 2 rings (SSSR count). The van der Waals surface area contributed by atoms with Crippen LogP contribution in [0.2, 0.25) is 0 Å². The quantitative estimate of drug-likeness (QED) is 0.853. The Labute approximate surface area is 117 Å². The third-order valence-corrected chi connectivity index (χ3v) is 3.13. The normalized spacial score (nSPS) is 10.8. The van der Waals surface area contributed by atoms with Crippen molar-refractivity contribution in [3.8, 4) is 0 Å². The van der Waals surface area contributed by atoms with E-state index < -0.39 is 6.43 Å². The summed E-state index contributed by atoms with van der Waals surface area (Å²) in [5, 5.41) is 0. The van der Waals surface area contributed by atoms with Gasteiger partial charge in [0, 0.05) is 48.8 Å². The maximum Gasteiger partial charge on any atom is 0.265 e. The molecule has 0 amide bonds. The Morgan fingerprint density at radius 3 is 2.70 bits per heavy atom. The molecule has 20 heavy (non-hydrogen) atoms. The van der Waals surface area contributed by atoms with Crippen LogP contribution in [0, 0.1) is 0 Å². The van der Waals surface area contributed by atoms with E-state index >= 15 is 0 Å². The first-order valence-corrected chi connectivity index (χ1v) is 6.36. The average molecular weight is 277 g/mol. The van der Waals surface area contributed by atoms with Gasteiger partial charge in [-0.2, -0.15) is 0 Å². The van der Waals surface area contributed by atoms with Crippen molar-refractivity contribution in [3.05, 3.63) is 53.9 Å². The van der Waals surface area contributed by atoms with Gasteiger partial charge in [0.05, 0.1) is 0 Å². The summed E-state index contributed by atoms with van der Waals surface area (Å²) in [4.78, 5) is 6.02. The van der Waals surface area contributed by atoms with Crippen molar-refractivity contribution < 1.29 is 8.78 Å². The number of nitrogens with zero attached hydrogens (tertiary/aromatic N) is 2. The fraction of sp³-hybridized carbons (Fsp3) is 0.267. The zero-order chi connectivity index (χ0) is 14.5. The Hall–Kier alpha value is -2.17. The standard InChI is InChI=1S/C15H17F2N3/c1-20(9-7-12-4-2-3-8-19-12)14-6-5-11(18)10-13(14)15(16)17/h2-6,8,10,15H,7,9,18H2,1H3. The van der Waals surface area contributed by atoms with E-state index in [2.05, 4.69) is 4.98 Å². The summed E-state index contributed by atoms with van der Waals surface area (Å²) in [6.45, 7) is 0.612. The van der Waals surface area contributed by atoms with Gasteiger partial charge in [0.25, 0.3) is 6.43 Å². The molecule has 1 aromatic carbocycles. The summed E-state index contributed by atoms with van der Waals surface area (Å²) in [5.74, 6) is 0. The lowest BCUT2D eigenvalue weighted by Gasteiger charge is -2.22. The van der Waals surface area contributed by atoms with Gasteiger partial charge in [-0.1, -0.05) is 6.07 Å². The molecule has 1 aromatic heterocycles. The summed E-state index contributed by atoms with van der Waals surface area (Å²) in [6, 6.07) is 10.3. The monoisotopic (exact) mass is 277 g/mol. The number of pyridine rings is 1. The summed E-state index contributed by atoms with van der Waals surface area (Å²) in [5.41, 5.74) is 7.33. The van der Waals surface area contributed by atoms with E-state index in [9.17, 15) is 8.78 Å². The first kappa shape index (κ1) is 14.2. The first-order chi connectivity index (χ1) is 9.58. The molecule has 0 saturated carbocycles. The smallest absolute Gasteiger partial charge is 0.265 e. The second-order valence-electron chi connectivity index (χ2n) is 4.61. The minimum atomic E-state index is -2.54. The van der Waals surface area contributed by atoms with Crippen molar-refractivity contribution in [3.63, 3.8) is 0 Å². The van der Waals surface area contributed by atoms with Crippen LogP contribution in [-0.4, -0.2) is 18.6 Å². The molecule has 5 heteroatoms. The molecule has 0 saturated heterocycles. The van der Waals surface area contributed by atoms with Crippen molar-refractivity contribution in [1.82, 2.24) is 4.98 Å². The number of likely N-dealkylation sites (N-methyl/N-ethyl adjacent to an activating group) is 1. The molecule has 1 heterocycles. The third-order valence-electron chi connectivity index (χ3n) is 3.13. The predicted octanol–water partition coefficient (Wildman–Crippen LogP) is 3.28. The Balaban J connectivity index is 2.11. The van der Waals surface area contributed by atoms with Gasteiger partial charge in [-0.3, -0.25) is 4.98 Å². The number of nitrogens with two attached hydrogens (primary N) is 1. The molecule has 0 fully saturated rings. The predicted molar refractivity (Wildman–Crippen MR) is 77.0 cm³/mol. The van der Waals surface area contributed by atoms with Crippen molar-refractivity contribution >= 4 is 11.4 Å². The summed E-state index contributed by atoms with van der Waals surface area (Å²) in [7, 11) is 1.79. The highest BCUT2D eigenvalue weighted by Crippen LogP contribution is 2.31. The Kier molecular flexibility index (Phi) is 4.50. The van der Waals surface area contributed by atoms with Crippen LogP contribution in [0.3, 0.4) is 0 Å². The molecule has 0 bridgehead atoms. The van der Waals surface area contributed by atoms with E-state index in [1.165, 1.54) is 6.07 Å². The number of hydrogen-bond acceptors (Lipinski definition) is 3. The minimum absolute atomic E-state index is 0.0338. The van der Waals surface area contributed by atoms with Gasteiger partial charge in [-0.05, 0) is 30.3 Å². The summed E-state index contributed by atoms with van der Waals surface area (Å²) in [6.07, 6.45) is -0.112. The van der Waals surface area contributed by atoms with Crippen LogP contribution in [0.4, 0.5) is 20.2 Å². The number of aromatic nitrogens is 1. The lowest BCUT2D eigenvalue weighted by molar-refractivity contribution is 0.152. The highest BCUT2D eigenvalue weighted by atomic mass is 19.3. The summed E-state index contributed by atoms with van der Waals surface area (Å²) < 4.78 is 26.1. The molecule has 0 aliphatic carbocycles. The van der Waals surface area contributed by atoms with Crippen molar-refractivity contribution in [1.29, 1.82) is 0 Å². The van der Waals surface area contributed by atoms with E-state index in [0.717, 1.165) is 5.69 Å². The van der Waals surface area contributed by atoms with Crippen LogP contribution in [0.5, 0.6) is 0 Å². The first-order valence-electron chi connectivity index (χ1n) is 6.36.